The molecule has 0 aromatic carbocycles. The Kier molecular flexibility index (Phi) is 36.7. The number of likely N-dealkylation sites (N-methyl/N-ethyl adjacent to an activating group) is 1. The molecule has 0 spiro atoms. The Hall–Kier alpha value is -2.29. The maximum Gasteiger partial charge on any atom is 0.306 e. The summed E-state index contributed by atoms with van der Waals surface area (Å²) in [4.78, 5) is 37.5. The van der Waals surface area contributed by atoms with Crippen LogP contribution in [0.5, 0.6) is 0 Å². The minimum Gasteiger partial charge on any atom is -0.756 e. The predicted molar refractivity (Wildman–Crippen MR) is 231 cm³/mol. The molecule has 0 N–H and O–H groups in total. The summed E-state index contributed by atoms with van der Waals surface area (Å²) in [7, 11) is 1.13. The number of ether oxygens (including phenoxy) is 2. The number of hydrogen-bond donors (Lipinski definition) is 0. The second-order valence-electron chi connectivity index (χ2n) is 15.7. The maximum atomic E-state index is 12.7. The molecule has 10 heteroatoms. The third kappa shape index (κ3) is 41.3. The molecule has 0 aromatic heterocycles. The first-order chi connectivity index (χ1) is 27.0. The molecule has 0 aromatic rings. The first-order valence-electron chi connectivity index (χ1n) is 22.0. The summed E-state index contributed by atoms with van der Waals surface area (Å²) in [5.41, 5.74) is 0. The van der Waals surface area contributed by atoms with Crippen molar-refractivity contribution in [2.24, 2.45) is 0 Å². The SMILES string of the molecule is CCCCC/C=C\C/C=C\C/C=C\CCCCCCC(=O)O[C@H](COC(=O)CCCCCCC/C=C\C/C=C\CCCCC)COP(=O)([O-])OCC[N+](C)(C)C. The highest BCUT2D eigenvalue weighted by molar-refractivity contribution is 7.45. The molecular weight excluding hydrogens is 725 g/mol. The molecule has 0 aliphatic heterocycles. The molecule has 0 aliphatic carbocycles. The van der Waals surface area contributed by atoms with Crippen LogP contribution in [-0.4, -0.2) is 70.0 Å². The van der Waals surface area contributed by atoms with E-state index in [2.05, 4.69) is 74.6 Å². The average Bonchev–Trinajstić information content (AvgIpc) is 3.15. The molecule has 0 saturated carbocycles. The monoisotopic (exact) mass is 808 g/mol. The van der Waals surface area contributed by atoms with Crippen molar-refractivity contribution in [3.05, 3.63) is 60.8 Å². The van der Waals surface area contributed by atoms with E-state index in [0.717, 1.165) is 77.0 Å². The summed E-state index contributed by atoms with van der Waals surface area (Å²) in [5, 5.41) is 0. The summed E-state index contributed by atoms with van der Waals surface area (Å²) >= 11 is 0. The van der Waals surface area contributed by atoms with E-state index in [0.29, 0.717) is 23.9 Å². The Morgan fingerprint density at radius 3 is 1.43 bits per heavy atom. The van der Waals surface area contributed by atoms with Crippen LogP contribution in [0.15, 0.2) is 60.8 Å². The smallest absolute Gasteiger partial charge is 0.306 e. The molecule has 0 saturated heterocycles. The maximum absolute atomic E-state index is 12.7. The third-order valence-corrected chi connectivity index (χ3v) is 9.97. The van der Waals surface area contributed by atoms with Gasteiger partial charge in [-0.05, 0) is 83.5 Å². The van der Waals surface area contributed by atoms with Gasteiger partial charge in [-0.3, -0.25) is 14.2 Å². The normalized spacial score (nSPS) is 14.2. The second-order valence-corrected chi connectivity index (χ2v) is 17.1. The highest BCUT2D eigenvalue weighted by Crippen LogP contribution is 2.38. The number of phosphoric acid groups is 1. The quantitative estimate of drug-likeness (QED) is 0.0198. The van der Waals surface area contributed by atoms with Crippen molar-refractivity contribution in [2.75, 3.05) is 47.5 Å². The lowest BCUT2D eigenvalue weighted by atomic mass is 10.1. The molecule has 0 amide bonds. The van der Waals surface area contributed by atoms with E-state index < -0.39 is 32.5 Å². The molecular formula is C46H82NO8P. The van der Waals surface area contributed by atoms with Crippen LogP contribution in [0.2, 0.25) is 0 Å². The van der Waals surface area contributed by atoms with E-state index in [9.17, 15) is 19.0 Å². The Bertz CT molecular complexity index is 1140. The van der Waals surface area contributed by atoms with Crippen molar-refractivity contribution in [3.63, 3.8) is 0 Å². The molecule has 1 unspecified atom stereocenters. The zero-order valence-corrected chi connectivity index (χ0v) is 37.2. The zero-order chi connectivity index (χ0) is 41.4. The minimum absolute atomic E-state index is 0.0404. The molecule has 0 fully saturated rings. The van der Waals surface area contributed by atoms with Gasteiger partial charge < -0.3 is 27.9 Å². The average molecular weight is 808 g/mol. The standard InChI is InChI=1S/C46H82NO8P/c1-6-8-10-12-14-16-18-20-22-23-25-27-29-31-33-35-37-39-46(49)55-44(43-54-56(50,51)53-41-40-47(3,4)5)42-52-45(48)38-36-34-32-30-28-26-24-21-19-17-15-13-11-9-7-2/h14-17,20-22,24-25,27,44H,6-13,18-19,23,26,28-43H2,1-5H3/b16-14-,17-15-,22-20-,24-21-,27-25-/t44-/m1/s1. The Morgan fingerprint density at radius 1 is 0.554 bits per heavy atom. The largest absolute Gasteiger partial charge is 0.756 e. The van der Waals surface area contributed by atoms with Gasteiger partial charge in [-0.2, -0.15) is 0 Å². The van der Waals surface area contributed by atoms with Crippen molar-refractivity contribution in [2.45, 2.75) is 174 Å². The first kappa shape index (κ1) is 53.7. The number of rotatable bonds is 39. The number of allylic oxidation sites excluding steroid dienone is 10. The Labute approximate surface area is 343 Å². The molecule has 0 heterocycles. The van der Waals surface area contributed by atoms with Gasteiger partial charge in [-0.15, -0.1) is 0 Å². The van der Waals surface area contributed by atoms with Gasteiger partial charge in [0, 0.05) is 12.8 Å². The number of carbonyl (C=O) groups excluding carboxylic acids is 2. The van der Waals surface area contributed by atoms with Crippen LogP contribution in [-0.2, 0) is 32.7 Å². The van der Waals surface area contributed by atoms with Crippen molar-refractivity contribution < 1.29 is 42.1 Å². The number of quaternary nitrogens is 1. The van der Waals surface area contributed by atoms with Crippen molar-refractivity contribution in [3.8, 4) is 0 Å². The number of nitrogens with zero attached hydrogens (tertiary/aromatic N) is 1. The Morgan fingerprint density at radius 2 is 0.964 bits per heavy atom. The lowest BCUT2D eigenvalue weighted by Gasteiger charge is -2.28. The van der Waals surface area contributed by atoms with Crippen LogP contribution >= 0.6 is 7.82 Å². The topological polar surface area (TPSA) is 111 Å². The summed E-state index contributed by atoms with van der Waals surface area (Å²) in [6.07, 6.45) is 45.2. The van der Waals surface area contributed by atoms with Gasteiger partial charge in [0.05, 0.1) is 27.7 Å². The van der Waals surface area contributed by atoms with Gasteiger partial charge >= 0.3 is 11.9 Å². The molecule has 0 aliphatic rings. The number of hydrogen-bond acceptors (Lipinski definition) is 8. The van der Waals surface area contributed by atoms with Crippen LogP contribution in [0.1, 0.15) is 168 Å². The number of esters is 2. The molecule has 0 radical (unpaired) electrons. The summed E-state index contributed by atoms with van der Waals surface area (Å²) in [5.74, 6) is -0.880. The fraction of sp³-hybridized carbons (Fsp3) is 0.739. The first-order valence-corrected chi connectivity index (χ1v) is 23.5. The highest BCUT2D eigenvalue weighted by Gasteiger charge is 2.21. The van der Waals surface area contributed by atoms with Gasteiger partial charge in [0.15, 0.2) is 6.10 Å². The third-order valence-electron chi connectivity index (χ3n) is 9.01. The number of phosphoric ester groups is 1. The van der Waals surface area contributed by atoms with Crippen LogP contribution in [0.3, 0.4) is 0 Å². The molecule has 9 nitrogen and oxygen atoms in total. The van der Waals surface area contributed by atoms with Gasteiger partial charge in [-0.1, -0.05) is 132 Å². The zero-order valence-electron chi connectivity index (χ0n) is 36.3. The fourth-order valence-corrected chi connectivity index (χ4v) is 6.24. The van der Waals surface area contributed by atoms with E-state index in [1.807, 2.05) is 21.1 Å². The van der Waals surface area contributed by atoms with E-state index >= 15 is 0 Å². The van der Waals surface area contributed by atoms with Crippen LogP contribution in [0.4, 0.5) is 0 Å². The summed E-state index contributed by atoms with van der Waals surface area (Å²) in [6.45, 7) is 4.11. The Balaban J connectivity index is 4.45. The molecule has 0 bridgehead atoms. The van der Waals surface area contributed by atoms with E-state index in [1.165, 1.54) is 51.4 Å². The molecule has 0 rings (SSSR count). The van der Waals surface area contributed by atoms with Gasteiger partial charge in [0.25, 0.3) is 7.82 Å². The van der Waals surface area contributed by atoms with Crippen LogP contribution in [0, 0.1) is 0 Å². The summed E-state index contributed by atoms with van der Waals surface area (Å²) in [6, 6.07) is 0. The van der Waals surface area contributed by atoms with Gasteiger partial charge in [-0.25, -0.2) is 0 Å². The fourth-order valence-electron chi connectivity index (χ4n) is 5.51. The van der Waals surface area contributed by atoms with Crippen LogP contribution < -0.4 is 4.89 Å². The minimum atomic E-state index is -4.64. The van der Waals surface area contributed by atoms with Crippen LogP contribution in [0.25, 0.3) is 0 Å². The van der Waals surface area contributed by atoms with Gasteiger partial charge in [0.2, 0.25) is 0 Å². The van der Waals surface area contributed by atoms with E-state index in [-0.39, 0.29) is 26.1 Å². The number of carbonyl (C=O) groups is 2. The highest BCUT2D eigenvalue weighted by atomic mass is 31.2. The van der Waals surface area contributed by atoms with E-state index in [1.54, 1.807) is 0 Å². The molecule has 2 atom stereocenters. The van der Waals surface area contributed by atoms with Crippen molar-refractivity contribution in [1.82, 2.24) is 0 Å². The lowest BCUT2D eigenvalue weighted by molar-refractivity contribution is -0.870. The van der Waals surface area contributed by atoms with E-state index in [4.69, 9.17) is 18.5 Å². The molecule has 324 valence electrons. The lowest BCUT2D eigenvalue weighted by Crippen LogP contribution is -2.37. The molecule has 56 heavy (non-hydrogen) atoms. The van der Waals surface area contributed by atoms with Crippen molar-refractivity contribution in [1.29, 1.82) is 0 Å². The van der Waals surface area contributed by atoms with Crippen molar-refractivity contribution >= 4 is 19.8 Å². The number of unbranched alkanes of at least 4 members (excludes halogenated alkanes) is 15. The predicted octanol–water partition coefficient (Wildman–Crippen LogP) is 11.8. The van der Waals surface area contributed by atoms with Gasteiger partial charge in [0.1, 0.15) is 19.8 Å². The second kappa shape index (κ2) is 38.2. The summed E-state index contributed by atoms with van der Waals surface area (Å²) < 4.78 is 33.9.